The number of nitrogens with zero attached hydrogens (tertiary/aromatic N) is 1. The van der Waals surface area contributed by atoms with Gasteiger partial charge in [0.2, 0.25) is 5.91 Å². The molecule has 1 heterocycles. The molecule has 1 aliphatic heterocycles. The number of aliphatic carboxylic acids is 1. The number of rotatable bonds is 6. The van der Waals surface area contributed by atoms with Crippen LogP contribution in [0.15, 0.2) is 60.7 Å². The first-order chi connectivity index (χ1) is 12.6. The normalized spacial score (nSPS) is 17.3. The van der Waals surface area contributed by atoms with Gasteiger partial charge in [0.15, 0.2) is 0 Å². The summed E-state index contributed by atoms with van der Waals surface area (Å²) >= 11 is 0. The number of amides is 1. The van der Waals surface area contributed by atoms with Crippen molar-refractivity contribution < 1.29 is 19.4 Å². The molecule has 0 radical (unpaired) electrons. The van der Waals surface area contributed by atoms with E-state index in [9.17, 15) is 9.59 Å². The second-order valence-electron chi connectivity index (χ2n) is 6.49. The Morgan fingerprint density at radius 3 is 2.15 bits per heavy atom. The largest absolute Gasteiger partial charge is 0.481 e. The second kappa shape index (κ2) is 8.63. The van der Waals surface area contributed by atoms with Crippen molar-refractivity contribution in [2.24, 2.45) is 0 Å². The Kier molecular flexibility index (Phi) is 6.02. The zero-order chi connectivity index (χ0) is 18.4. The molecular weight excluding hydrogens is 330 g/mol. The first-order valence-electron chi connectivity index (χ1n) is 8.84. The van der Waals surface area contributed by atoms with Gasteiger partial charge in [0.1, 0.15) is 0 Å². The molecule has 0 unspecified atom stereocenters. The minimum Gasteiger partial charge on any atom is -0.481 e. The number of morpholine rings is 1. The van der Waals surface area contributed by atoms with Crippen LogP contribution in [-0.4, -0.2) is 47.7 Å². The number of carbonyl (C=O) groups is 2. The van der Waals surface area contributed by atoms with Crippen LogP contribution in [0.1, 0.15) is 29.9 Å². The van der Waals surface area contributed by atoms with Gasteiger partial charge >= 0.3 is 5.97 Å². The zero-order valence-corrected chi connectivity index (χ0v) is 14.6. The molecule has 0 spiro atoms. The second-order valence-corrected chi connectivity index (χ2v) is 6.49. The van der Waals surface area contributed by atoms with Crippen molar-refractivity contribution in [2.45, 2.75) is 24.8 Å². The molecule has 1 N–H and O–H groups in total. The van der Waals surface area contributed by atoms with Gasteiger partial charge in [-0.05, 0) is 11.1 Å². The lowest BCUT2D eigenvalue weighted by Gasteiger charge is -2.35. The standard InChI is InChI=1S/C21H23NO4/c23-20(22-11-12-26-15-18(22)13-21(24)25)14-19(16-7-3-1-4-8-16)17-9-5-2-6-10-17/h1-10,18-19H,11-15H2,(H,24,25)/t18-/m0/s1. The number of carboxylic acid groups (broad SMARTS) is 1. The molecule has 2 aromatic carbocycles. The molecule has 5 heteroatoms. The van der Waals surface area contributed by atoms with Crippen LogP contribution in [0.25, 0.3) is 0 Å². The van der Waals surface area contributed by atoms with E-state index >= 15 is 0 Å². The maximum absolute atomic E-state index is 13.0. The van der Waals surface area contributed by atoms with E-state index in [0.717, 1.165) is 11.1 Å². The minimum atomic E-state index is -0.916. The first kappa shape index (κ1) is 18.1. The maximum Gasteiger partial charge on any atom is 0.305 e. The van der Waals surface area contributed by atoms with Crippen molar-refractivity contribution in [3.05, 3.63) is 71.8 Å². The molecule has 2 aromatic rings. The number of hydrogen-bond donors (Lipinski definition) is 1. The lowest BCUT2D eigenvalue weighted by molar-refractivity contribution is -0.146. The zero-order valence-electron chi connectivity index (χ0n) is 14.6. The molecule has 1 atom stereocenters. The van der Waals surface area contributed by atoms with E-state index in [1.165, 1.54) is 0 Å². The van der Waals surface area contributed by atoms with Crippen LogP contribution >= 0.6 is 0 Å². The van der Waals surface area contributed by atoms with E-state index in [1.807, 2.05) is 60.7 Å². The van der Waals surface area contributed by atoms with Gasteiger partial charge in [-0.15, -0.1) is 0 Å². The molecular formula is C21H23NO4. The van der Waals surface area contributed by atoms with Crippen molar-refractivity contribution in [2.75, 3.05) is 19.8 Å². The van der Waals surface area contributed by atoms with Gasteiger partial charge in [0.05, 0.1) is 25.7 Å². The molecule has 0 aliphatic carbocycles. The molecule has 1 saturated heterocycles. The van der Waals surface area contributed by atoms with Crippen molar-refractivity contribution in [3.63, 3.8) is 0 Å². The van der Waals surface area contributed by atoms with Gasteiger partial charge in [-0.3, -0.25) is 9.59 Å². The highest BCUT2D eigenvalue weighted by atomic mass is 16.5. The summed E-state index contributed by atoms with van der Waals surface area (Å²) < 4.78 is 5.38. The van der Waals surface area contributed by atoms with Gasteiger partial charge in [-0.2, -0.15) is 0 Å². The average Bonchev–Trinajstić information content (AvgIpc) is 2.67. The summed E-state index contributed by atoms with van der Waals surface area (Å²) in [6.45, 7) is 1.16. The van der Waals surface area contributed by atoms with Crippen LogP contribution in [0.2, 0.25) is 0 Å². The van der Waals surface area contributed by atoms with E-state index in [2.05, 4.69) is 0 Å². The third-order valence-electron chi connectivity index (χ3n) is 4.74. The number of carbonyl (C=O) groups excluding carboxylic acids is 1. The Morgan fingerprint density at radius 1 is 1.04 bits per heavy atom. The predicted molar refractivity (Wildman–Crippen MR) is 97.9 cm³/mol. The fraction of sp³-hybridized carbons (Fsp3) is 0.333. The van der Waals surface area contributed by atoms with E-state index in [4.69, 9.17) is 9.84 Å². The SMILES string of the molecule is O=C(O)C[C@H]1COCCN1C(=O)CC(c1ccccc1)c1ccccc1. The van der Waals surface area contributed by atoms with Crippen LogP contribution in [0, 0.1) is 0 Å². The Hall–Kier alpha value is -2.66. The molecule has 3 rings (SSSR count). The van der Waals surface area contributed by atoms with Gasteiger partial charge in [0.25, 0.3) is 0 Å². The van der Waals surface area contributed by atoms with E-state index < -0.39 is 12.0 Å². The number of carboxylic acids is 1. The summed E-state index contributed by atoms with van der Waals surface area (Å²) in [7, 11) is 0. The maximum atomic E-state index is 13.0. The molecule has 1 fully saturated rings. The lowest BCUT2D eigenvalue weighted by Crippen LogP contribution is -2.49. The Morgan fingerprint density at radius 2 is 1.62 bits per heavy atom. The Balaban J connectivity index is 1.82. The summed E-state index contributed by atoms with van der Waals surface area (Å²) in [6.07, 6.45) is 0.219. The molecule has 26 heavy (non-hydrogen) atoms. The summed E-state index contributed by atoms with van der Waals surface area (Å²) in [5, 5.41) is 9.11. The highest BCUT2D eigenvalue weighted by molar-refractivity contribution is 5.79. The number of ether oxygens (including phenoxy) is 1. The van der Waals surface area contributed by atoms with Crippen LogP contribution in [0.4, 0.5) is 0 Å². The van der Waals surface area contributed by atoms with Crippen molar-refractivity contribution in [1.29, 1.82) is 0 Å². The van der Waals surface area contributed by atoms with Gasteiger partial charge < -0.3 is 14.7 Å². The van der Waals surface area contributed by atoms with Crippen LogP contribution < -0.4 is 0 Å². The molecule has 0 aromatic heterocycles. The smallest absolute Gasteiger partial charge is 0.305 e. The van der Waals surface area contributed by atoms with Gasteiger partial charge in [0, 0.05) is 18.9 Å². The third kappa shape index (κ3) is 4.49. The molecule has 5 nitrogen and oxygen atoms in total. The fourth-order valence-corrected chi connectivity index (χ4v) is 3.44. The summed E-state index contributed by atoms with van der Waals surface area (Å²) in [5.41, 5.74) is 2.16. The monoisotopic (exact) mass is 353 g/mol. The molecule has 1 amide bonds. The average molecular weight is 353 g/mol. The molecule has 0 saturated carbocycles. The molecule has 136 valence electrons. The van der Waals surface area contributed by atoms with Crippen molar-refractivity contribution in [3.8, 4) is 0 Å². The fourth-order valence-electron chi connectivity index (χ4n) is 3.44. The predicted octanol–water partition coefficient (Wildman–Crippen LogP) is 2.91. The quantitative estimate of drug-likeness (QED) is 0.867. The van der Waals surface area contributed by atoms with E-state index in [0.29, 0.717) is 19.6 Å². The van der Waals surface area contributed by atoms with Crippen molar-refractivity contribution in [1.82, 2.24) is 4.90 Å². The highest BCUT2D eigenvalue weighted by Gasteiger charge is 2.31. The van der Waals surface area contributed by atoms with E-state index in [-0.39, 0.29) is 24.9 Å². The summed E-state index contributed by atoms with van der Waals surface area (Å²) in [5.74, 6) is -1.00. The Labute approximate surface area is 153 Å². The number of benzene rings is 2. The summed E-state index contributed by atoms with van der Waals surface area (Å²) in [6, 6.07) is 19.5. The first-order valence-corrected chi connectivity index (χ1v) is 8.84. The summed E-state index contributed by atoms with van der Waals surface area (Å²) in [4.78, 5) is 25.8. The topological polar surface area (TPSA) is 66.8 Å². The van der Waals surface area contributed by atoms with Crippen LogP contribution in [0.3, 0.4) is 0 Å². The minimum absolute atomic E-state index is 0.0303. The Bertz CT molecular complexity index is 693. The van der Waals surface area contributed by atoms with Crippen LogP contribution in [0.5, 0.6) is 0 Å². The molecule has 0 bridgehead atoms. The van der Waals surface area contributed by atoms with Gasteiger partial charge in [-0.25, -0.2) is 0 Å². The molecule has 1 aliphatic rings. The number of hydrogen-bond acceptors (Lipinski definition) is 3. The van der Waals surface area contributed by atoms with E-state index in [1.54, 1.807) is 4.90 Å². The van der Waals surface area contributed by atoms with Crippen LogP contribution in [-0.2, 0) is 14.3 Å². The highest BCUT2D eigenvalue weighted by Crippen LogP contribution is 2.29. The third-order valence-corrected chi connectivity index (χ3v) is 4.74. The van der Waals surface area contributed by atoms with Gasteiger partial charge in [-0.1, -0.05) is 60.7 Å². The van der Waals surface area contributed by atoms with Crippen molar-refractivity contribution >= 4 is 11.9 Å². The lowest BCUT2D eigenvalue weighted by atomic mass is 9.88.